The Bertz CT molecular complexity index is 446. The molecule has 0 spiro atoms. The average molecular weight is 268 g/mol. The number of carbonyl (C=O) groups is 2. The minimum absolute atomic E-state index is 0.0599. The normalized spacial score (nSPS) is 12.5. The molecule has 0 bridgehead atoms. The zero-order valence-electron chi connectivity index (χ0n) is 11.7. The van der Waals surface area contributed by atoms with Crippen molar-refractivity contribution < 1.29 is 19.2 Å². The van der Waals surface area contributed by atoms with Crippen LogP contribution in [0.4, 0.5) is 0 Å². The van der Waals surface area contributed by atoms with Gasteiger partial charge in [-0.1, -0.05) is 19.0 Å². The topological polar surface area (TPSA) is 92.4 Å². The maximum absolute atomic E-state index is 11.9. The predicted molar refractivity (Wildman–Crippen MR) is 68.7 cm³/mol. The number of aryl methyl sites for hydroxylation is 2. The number of hydrogen-bond donors (Lipinski definition) is 2. The number of carboxylic acids is 1. The molecular weight excluding hydrogens is 248 g/mol. The molecule has 19 heavy (non-hydrogen) atoms. The Morgan fingerprint density at radius 1 is 1.37 bits per heavy atom. The molecule has 6 nitrogen and oxygen atoms in total. The Morgan fingerprint density at radius 2 is 2.00 bits per heavy atom. The van der Waals surface area contributed by atoms with Crippen LogP contribution in [0.15, 0.2) is 4.52 Å². The molecule has 6 heteroatoms. The van der Waals surface area contributed by atoms with Gasteiger partial charge in [0.25, 0.3) is 0 Å². The fourth-order valence-electron chi connectivity index (χ4n) is 1.81. The van der Waals surface area contributed by atoms with Crippen LogP contribution in [0.25, 0.3) is 0 Å². The van der Waals surface area contributed by atoms with Crippen LogP contribution in [-0.2, 0) is 16.0 Å². The second kappa shape index (κ2) is 6.36. The Labute approximate surface area is 112 Å². The van der Waals surface area contributed by atoms with E-state index in [1.807, 2.05) is 13.8 Å². The maximum Gasteiger partial charge on any atom is 0.305 e. The summed E-state index contributed by atoms with van der Waals surface area (Å²) in [5.41, 5.74) is 1.45. The molecule has 1 rings (SSSR count). The maximum atomic E-state index is 11.9. The van der Waals surface area contributed by atoms with Gasteiger partial charge in [0.2, 0.25) is 5.91 Å². The number of nitrogens with one attached hydrogen (secondary N) is 1. The molecule has 1 unspecified atom stereocenters. The zero-order chi connectivity index (χ0) is 14.6. The van der Waals surface area contributed by atoms with Crippen molar-refractivity contribution in [2.24, 2.45) is 5.92 Å². The van der Waals surface area contributed by atoms with Gasteiger partial charge < -0.3 is 14.9 Å². The summed E-state index contributed by atoms with van der Waals surface area (Å²) < 4.78 is 4.99. The number of amides is 1. The van der Waals surface area contributed by atoms with Crippen LogP contribution < -0.4 is 5.32 Å². The Balaban J connectivity index is 2.65. The van der Waals surface area contributed by atoms with Gasteiger partial charge in [0.15, 0.2) is 0 Å². The molecule has 0 saturated carbocycles. The van der Waals surface area contributed by atoms with E-state index in [-0.39, 0.29) is 30.7 Å². The third-order valence-corrected chi connectivity index (χ3v) is 3.06. The zero-order valence-corrected chi connectivity index (χ0v) is 11.7. The van der Waals surface area contributed by atoms with Crippen LogP contribution in [0, 0.1) is 19.8 Å². The summed E-state index contributed by atoms with van der Waals surface area (Å²) in [4.78, 5) is 22.7. The van der Waals surface area contributed by atoms with Crippen molar-refractivity contribution >= 4 is 11.9 Å². The lowest BCUT2D eigenvalue weighted by Crippen LogP contribution is -2.40. The van der Waals surface area contributed by atoms with E-state index in [0.717, 1.165) is 5.56 Å². The lowest BCUT2D eigenvalue weighted by atomic mass is 10.0. The van der Waals surface area contributed by atoms with Gasteiger partial charge in [0.05, 0.1) is 18.5 Å². The number of aromatic nitrogens is 1. The molecule has 106 valence electrons. The summed E-state index contributed by atoms with van der Waals surface area (Å²) in [5.74, 6) is -0.456. The smallest absolute Gasteiger partial charge is 0.305 e. The molecule has 0 aliphatic carbocycles. The second-order valence-corrected chi connectivity index (χ2v) is 5.00. The SMILES string of the molecule is Cc1noc(C)c1CC(=O)NC(CC(=O)O)C(C)C. The number of carboxylic acid groups (broad SMARTS) is 1. The first-order valence-electron chi connectivity index (χ1n) is 6.24. The van der Waals surface area contributed by atoms with Crippen molar-refractivity contribution in [2.45, 2.75) is 46.6 Å². The first-order chi connectivity index (χ1) is 8.81. The third-order valence-electron chi connectivity index (χ3n) is 3.06. The van der Waals surface area contributed by atoms with Crippen LogP contribution in [0.3, 0.4) is 0 Å². The van der Waals surface area contributed by atoms with Gasteiger partial charge in [-0.05, 0) is 19.8 Å². The summed E-state index contributed by atoms with van der Waals surface area (Å²) >= 11 is 0. The highest BCUT2D eigenvalue weighted by atomic mass is 16.5. The highest BCUT2D eigenvalue weighted by Gasteiger charge is 2.21. The van der Waals surface area contributed by atoms with Crippen molar-refractivity contribution in [3.05, 3.63) is 17.0 Å². The van der Waals surface area contributed by atoms with Crippen molar-refractivity contribution in [3.8, 4) is 0 Å². The Morgan fingerprint density at radius 3 is 2.42 bits per heavy atom. The van der Waals surface area contributed by atoms with E-state index in [1.54, 1.807) is 13.8 Å². The monoisotopic (exact) mass is 268 g/mol. The first-order valence-corrected chi connectivity index (χ1v) is 6.24. The number of hydrogen-bond acceptors (Lipinski definition) is 4. The molecule has 2 N–H and O–H groups in total. The molecule has 0 aliphatic heterocycles. The summed E-state index contributed by atoms with van der Waals surface area (Å²) in [6, 6.07) is -0.370. The fourth-order valence-corrected chi connectivity index (χ4v) is 1.81. The van der Waals surface area contributed by atoms with E-state index < -0.39 is 5.97 Å². The lowest BCUT2D eigenvalue weighted by molar-refractivity contribution is -0.138. The van der Waals surface area contributed by atoms with E-state index in [0.29, 0.717) is 11.5 Å². The molecule has 0 fully saturated rings. The molecule has 1 heterocycles. The highest BCUT2D eigenvalue weighted by molar-refractivity contribution is 5.80. The summed E-state index contributed by atoms with van der Waals surface area (Å²) in [7, 11) is 0. The van der Waals surface area contributed by atoms with Gasteiger partial charge in [-0.25, -0.2) is 0 Å². The minimum Gasteiger partial charge on any atom is -0.481 e. The predicted octanol–water partition coefficient (Wildman–Crippen LogP) is 1.45. The summed E-state index contributed by atoms with van der Waals surface area (Å²) in [6.45, 7) is 7.28. The molecule has 1 aromatic rings. The third kappa shape index (κ3) is 4.39. The summed E-state index contributed by atoms with van der Waals surface area (Å²) in [5, 5.41) is 15.3. The van der Waals surface area contributed by atoms with Crippen molar-refractivity contribution in [1.82, 2.24) is 10.5 Å². The minimum atomic E-state index is -0.920. The summed E-state index contributed by atoms with van der Waals surface area (Å²) in [6.07, 6.45) is 0.0784. The van der Waals surface area contributed by atoms with Crippen molar-refractivity contribution in [1.29, 1.82) is 0 Å². The first kappa shape index (κ1) is 15.2. The molecule has 1 amide bonds. The second-order valence-electron chi connectivity index (χ2n) is 5.00. The van der Waals surface area contributed by atoms with Crippen molar-refractivity contribution in [3.63, 3.8) is 0 Å². The van der Waals surface area contributed by atoms with Crippen LogP contribution in [-0.4, -0.2) is 28.2 Å². The molecule has 1 atom stereocenters. The van der Waals surface area contributed by atoms with Crippen LogP contribution in [0.5, 0.6) is 0 Å². The number of nitrogens with zero attached hydrogens (tertiary/aromatic N) is 1. The molecule has 0 aliphatic rings. The van der Waals surface area contributed by atoms with E-state index in [1.165, 1.54) is 0 Å². The number of aliphatic carboxylic acids is 1. The molecule has 0 aromatic carbocycles. The van der Waals surface area contributed by atoms with Crippen LogP contribution >= 0.6 is 0 Å². The molecule has 0 saturated heterocycles. The highest BCUT2D eigenvalue weighted by Crippen LogP contribution is 2.13. The van der Waals surface area contributed by atoms with Gasteiger partial charge in [-0.15, -0.1) is 0 Å². The largest absolute Gasteiger partial charge is 0.481 e. The average Bonchev–Trinajstić information content (AvgIpc) is 2.59. The standard InChI is InChI=1S/C13H20N2O4/c1-7(2)11(6-13(17)18)14-12(16)5-10-8(3)15-19-9(10)4/h7,11H,5-6H2,1-4H3,(H,14,16)(H,17,18). The molecule has 0 radical (unpaired) electrons. The van der Waals surface area contributed by atoms with Gasteiger partial charge in [-0.2, -0.15) is 0 Å². The number of rotatable bonds is 6. The van der Waals surface area contributed by atoms with E-state index >= 15 is 0 Å². The van der Waals surface area contributed by atoms with E-state index in [4.69, 9.17) is 9.63 Å². The van der Waals surface area contributed by atoms with Gasteiger partial charge in [0, 0.05) is 11.6 Å². The van der Waals surface area contributed by atoms with Gasteiger partial charge in [-0.3, -0.25) is 9.59 Å². The Kier molecular flexibility index (Phi) is 5.09. The lowest BCUT2D eigenvalue weighted by Gasteiger charge is -2.20. The van der Waals surface area contributed by atoms with Crippen molar-refractivity contribution in [2.75, 3.05) is 0 Å². The fraction of sp³-hybridized carbons (Fsp3) is 0.615. The van der Waals surface area contributed by atoms with Gasteiger partial charge >= 0.3 is 5.97 Å². The molecular formula is C13H20N2O4. The van der Waals surface area contributed by atoms with Crippen LogP contribution in [0.2, 0.25) is 0 Å². The number of carbonyl (C=O) groups excluding carboxylic acids is 1. The van der Waals surface area contributed by atoms with Crippen LogP contribution in [0.1, 0.15) is 37.3 Å². The van der Waals surface area contributed by atoms with Gasteiger partial charge in [0.1, 0.15) is 5.76 Å². The quantitative estimate of drug-likeness (QED) is 0.814. The Hall–Kier alpha value is -1.85. The van der Waals surface area contributed by atoms with E-state index in [9.17, 15) is 9.59 Å². The molecule has 1 aromatic heterocycles. The van der Waals surface area contributed by atoms with E-state index in [2.05, 4.69) is 10.5 Å².